The third-order valence-corrected chi connectivity index (χ3v) is 7.16. The summed E-state index contributed by atoms with van der Waals surface area (Å²) in [5.74, 6) is -0.587. The summed E-state index contributed by atoms with van der Waals surface area (Å²) in [7, 11) is -0.236. The van der Waals surface area contributed by atoms with Crippen LogP contribution in [0.4, 0.5) is 17.1 Å². The van der Waals surface area contributed by atoms with Gasteiger partial charge in [0.2, 0.25) is 10.0 Å². The van der Waals surface area contributed by atoms with Crippen molar-refractivity contribution in [3.8, 4) is 0 Å². The number of benzene rings is 2. The largest absolute Gasteiger partial charge is 0.383 e. The highest BCUT2D eigenvalue weighted by molar-refractivity contribution is 7.89. The van der Waals surface area contributed by atoms with Crippen LogP contribution in [-0.2, 0) is 14.8 Å². The Bertz CT molecular complexity index is 1120. The second-order valence-electron chi connectivity index (χ2n) is 7.60. The number of ether oxygens (including phenoxy) is 1. The highest BCUT2D eigenvalue weighted by Crippen LogP contribution is 2.26. The SMILES string of the molecule is COCCNc1ccc(C(=O)Nc2cccc(S(=O)(=O)N3CCN(C)CC3)c2)cc1[N+](=O)[O-]. The van der Waals surface area contributed by atoms with Crippen LogP contribution in [-0.4, -0.2) is 81.9 Å². The normalized spacial score (nSPS) is 15.2. The molecule has 0 spiro atoms. The predicted octanol–water partition coefficient (Wildman–Crippen LogP) is 1.84. The lowest BCUT2D eigenvalue weighted by atomic mass is 10.1. The van der Waals surface area contributed by atoms with Gasteiger partial charge in [-0.2, -0.15) is 4.31 Å². The van der Waals surface area contributed by atoms with Gasteiger partial charge >= 0.3 is 0 Å². The van der Waals surface area contributed by atoms with E-state index in [-0.39, 0.29) is 27.5 Å². The minimum Gasteiger partial charge on any atom is -0.383 e. The number of methoxy groups -OCH3 is 1. The summed E-state index contributed by atoms with van der Waals surface area (Å²) in [6.45, 7) is 2.81. The fraction of sp³-hybridized carbons (Fsp3) is 0.381. The van der Waals surface area contributed by atoms with Gasteiger partial charge in [-0.3, -0.25) is 14.9 Å². The van der Waals surface area contributed by atoms with Crippen LogP contribution in [0.15, 0.2) is 47.4 Å². The van der Waals surface area contributed by atoms with Gasteiger partial charge in [-0.15, -0.1) is 0 Å². The standard InChI is InChI=1S/C21H27N5O6S/c1-24-9-11-25(12-10-24)33(30,31)18-5-3-4-17(15-18)23-21(27)16-6-7-19(22-8-13-32-2)20(14-16)26(28)29/h3-7,14-15,22H,8-13H2,1-2H3,(H,23,27). The van der Waals surface area contributed by atoms with Crippen molar-refractivity contribution in [2.45, 2.75) is 4.90 Å². The number of nitrogens with one attached hydrogen (secondary N) is 2. The van der Waals surface area contributed by atoms with Crippen LogP contribution >= 0.6 is 0 Å². The van der Waals surface area contributed by atoms with E-state index in [1.165, 1.54) is 41.7 Å². The molecule has 0 radical (unpaired) electrons. The van der Waals surface area contributed by atoms with Gasteiger partial charge < -0.3 is 20.3 Å². The molecule has 0 atom stereocenters. The number of carbonyl (C=O) groups excluding carboxylic acids is 1. The second kappa shape index (κ2) is 10.7. The fourth-order valence-corrected chi connectivity index (χ4v) is 4.84. The van der Waals surface area contributed by atoms with E-state index in [2.05, 4.69) is 15.5 Å². The molecule has 1 amide bonds. The molecule has 12 heteroatoms. The number of anilines is 2. The molecule has 1 saturated heterocycles. The Kier molecular flexibility index (Phi) is 7.97. The Morgan fingerprint density at radius 3 is 2.55 bits per heavy atom. The smallest absolute Gasteiger partial charge is 0.293 e. The number of likely N-dealkylation sites (N-methyl/N-ethyl adjacent to an activating group) is 1. The van der Waals surface area contributed by atoms with Crippen LogP contribution in [0.1, 0.15) is 10.4 Å². The Balaban J connectivity index is 1.77. The number of rotatable bonds is 9. The van der Waals surface area contributed by atoms with E-state index in [1.54, 1.807) is 12.1 Å². The van der Waals surface area contributed by atoms with Gasteiger partial charge in [0.1, 0.15) is 5.69 Å². The Labute approximate surface area is 192 Å². The molecule has 1 aliphatic heterocycles. The van der Waals surface area contributed by atoms with Crippen LogP contribution in [0.25, 0.3) is 0 Å². The molecular formula is C21H27N5O6S. The molecule has 0 aliphatic carbocycles. The Hall–Kier alpha value is -3.06. The summed E-state index contributed by atoms with van der Waals surface area (Å²) in [4.78, 5) is 25.7. The maximum Gasteiger partial charge on any atom is 0.293 e. The summed E-state index contributed by atoms with van der Waals surface area (Å²) in [6.07, 6.45) is 0. The zero-order valence-electron chi connectivity index (χ0n) is 18.5. The van der Waals surface area contributed by atoms with Crippen molar-refractivity contribution in [2.24, 2.45) is 0 Å². The van der Waals surface area contributed by atoms with E-state index < -0.39 is 20.9 Å². The van der Waals surface area contributed by atoms with E-state index in [9.17, 15) is 23.3 Å². The molecule has 2 aromatic carbocycles. The van der Waals surface area contributed by atoms with Gasteiger partial charge in [0.25, 0.3) is 11.6 Å². The van der Waals surface area contributed by atoms with Gasteiger partial charge in [-0.1, -0.05) is 6.07 Å². The molecule has 33 heavy (non-hydrogen) atoms. The molecule has 1 aliphatic rings. The highest BCUT2D eigenvalue weighted by atomic mass is 32.2. The fourth-order valence-electron chi connectivity index (χ4n) is 3.38. The first-order valence-electron chi connectivity index (χ1n) is 10.3. The number of nitro benzene ring substituents is 1. The average Bonchev–Trinajstić information content (AvgIpc) is 2.79. The molecule has 3 rings (SSSR count). The van der Waals surface area contributed by atoms with Gasteiger partial charge in [-0.05, 0) is 37.4 Å². The number of amides is 1. The molecule has 0 bridgehead atoms. The summed E-state index contributed by atoms with van der Waals surface area (Å²) in [5, 5.41) is 17.0. The van der Waals surface area contributed by atoms with Crippen molar-refractivity contribution in [1.29, 1.82) is 0 Å². The van der Waals surface area contributed by atoms with Crippen molar-refractivity contribution in [2.75, 3.05) is 64.1 Å². The van der Waals surface area contributed by atoms with Crippen molar-refractivity contribution in [1.82, 2.24) is 9.21 Å². The predicted molar refractivity (Wildman–Crippen MR) is 124 cm³/mol. The number of nitro groups is 1. The quantitative estimate of drug-likeness (QED) is 0.317. The third-order valence-electron chi connectivity index (χ3n) is 5.27. The minimum atomic E-state index is -3.70. The number of sulfonamides is 1. The van der Waals surface area contributed by atoms with Crippen LogP contribution < -0.4 is 10.6 Å². The average molecular weight is 478 g/mol. The van der Waals surface area contributed by atoms with Gasteiger partial charge in [0.15, 0.2) is 0 Å². The number of nitrogens with zero attached hydrogens (tertiary/aromatic N) is 3. The van der Waals surface area contributed by atoms with Crippen LogP contribution in [0, 0.1) is 10.1 Å². The molecular weight excluding hydrogens is 450 g/mol. The zero-order valence-corrected chi connectivity index (χ0v) is 19.3. The van der Waals surface area contributed by atoms with Gasteiger partial charge in [0, 0.05) is 57.2 Å². The van der Waals surface area contributed by atoms with Gasteiger partial charge in [0.05, 0.1) is 16.4 Å². The van der Waals surface area contributed by atoms with E-state index in [4.69, 9.17) is 4.74 Å². The monoisotopic (exact) mass is 477 g/mol. The Morgan fingerprint density at radius 1 is 1.15 bits per heavy atom. The topological polar surface area (TPSA) is 134 Å². The number of piperazine rings is 1. The van der Waals surface area contributed by atoms with Crippen LogP contribution in [0.5, 0.6) is 0 Å². The van der Waals surface area contributed by atoms with E-state index >= 15 is 0 Å². The van der Waals surface area contributed by atoms with Crippen molar-refractivity contribution < 1.29 is 22.9 Å². The molecule has 0 aromatic heterocycles. The summed E-state index contributed by atoms with van der Waals surface area (Å²) < 4.78 is 32.3. The molecule has 2 N–H and O–H groups in total. The number of carbonyl (C=O) groups is 1. The minimum absolute atomic E-state index is 0.0753. The van der Waals surface area contributed by atoms with Crippen molar-refractivity contribution >= 4 is 33.0 Å². The maximum atomic E-state index is 13.0. The van der Waals surface area contributed by atoms with E-state index in [0.717, 1.165) is 0 Å². The van der Waals surface area contributed by atoms with E-state index in [0.29, 0.717) is 39.3 Å². The third kappa shape index (κ3) is 6.05. The summed E-state index contributed by atoms with van der Waals surface area (Å²) in [5.41, 5.74) is 0.380. The van der Waals surface area contributed by atoms with Crippen LogP contribution in [0.2, 0.25) is 0 Å². The molecule has 1 fully saturated rings. The lowest BCUT2D eigenvalue weighted by Gasteiger charge is -2.31. The number of hydrogen-bond donors (Lipinski definition) is 2. The first-order valence-corrected chi connectivity index (χ1v) is 11.8. The number of hydrogen-bond acceptors (Lipinski definition) is 8. The lowest BCUT2D eigenvalue weighted by Crippen LogP contribution is -2.47. The molecule has 0 unspecified atom stereocenters. The second-order valence-corrected chi connectivity index (χ2v) is 9.54. The zero-order chi connectivity index (χ0) is 24.0. The van der Waals surface area contributed by atoms with Crippen molar-refractivity contribution in [3.05, 3.63) is 58.1 Å². The summed E-state index contributed by atoms with van der Waals surface area (Å²) >= 11 is 0. The lowest BCUT2D eigenvalue weighted by molar-refractivity contribution is -0.384. The molecule has 2 aromatic rings. The summed E-state index contributed by atoms with van der Waals surface area (Å²) in [6, 6.07) is 10.1. The first kappa shape index (κ1) is 24.6. The van der Waals surface area contributed by atoms with Crippen LogP contribution in [0.3, 0.4) is 0 Å². The maximum absolute atomic E-state index is 13.0. The first-order chi connectivity index (χ1) is 15.7. The van der Waals surface area contributed by atoms with E-state index in [1.807, 2.05) is 7.05 Å². The highest BCUT2D eigenvalue weighted by Gasteiger charge is 2.27. The molecule has 0 saturated carbocycles. The Morgan fingerprint density at radius 2 is 1.88 bits per heavy atom. The molecule has 11 nitrogen and oxygen atoms in total. The van der Waals surface area contributed by atoms with Crippen molar-refractivity contribution in [3.63, 3.8) is 0 Å². The molecule has 1 heterocycles. The molecule has 178 valence electrons. The van der Waals surface area contributed by atoms with Gasteiger partial charge in [-0.25, -0.2) is 8.42 Å².